The summed E-state index contributed by atoms with van der Waals surface area (Å²) in [7, 11) is 0. The Morgan fingerprint density at radius 1 is 1.44 bits per heavy atom. The van der Waals surface area contributed by atoms with E-state index in [1.54, 1.807) is 4.90 Å². The minimum atomic E-state index is -0.199. The standard InChI is InChI=1S/C12H16N2O2/c13-11-4-1-3-10(9-11)5-7-14-6-2-8-16-12(14)15/h1,3-4,9H,2,5-8,13H2. The van der Waals surface area contributed by atoms with E-state index >= 15 is 0 Å². The summed E-state index contributed by atoms with van der Waals surface area (Å²) in [6.45, 7) is 2.04. The molecule has 0 atom stereocenters. The number of cyclic esters (lactones) is 1. The lowest BCUT2D eigenvalue weighted by atomic mass is 10.1. The molecule has 0 unspecified atom stereocenters. The molecule has 2 N–H and O–H groups in total. The van der Waals surface area contributed by atoms with Crippen molar-refractivity contribution in [2.75, 3.05) is 25.4 Å². The number of anilines is 1. The van der Waals surface area contributed by atoms with Crippen molar-refractivity contribution in [1.29, 1.82) is 0 Å². The van der Waals surface area contributed by atoms with Gasteiger partial charge in [-0.15, -0.1) is 0 Å². The van der Waals surface area contributed by atoms with Gasteiger partial charge in [0, 0.05) is 18.8 Å². The minimum Gasteiger partial charge on any atom is -0.449 e. The number of ether oxygens (including phenoxy) is 1. The molecular formula is C12H16N2O2. The Bertz CT molecular complexity index is 379. The lowest BCUT2D eigenvalue weighted by molar-refractivity contribution is 0.0735. The largest absolute Gasteiger partial charge is 0.449 e. The van der Waals surface area contributed by atoms with Crippen molar-refractivity contribution in [3.05, 3.63) is 29.8 Å². The molecular weight excluding hydrogens is 204 g/mol. The molecule has 1 aliphatic heterocycles. The molecule has 86 valence electrons. The van der Waals surface area contributed by atoms with E-state index in [0.717, 1.165) is 30.6 Å². The Labute approximate surface area is 95.0 Å². The highest BCUT2D eigenvalue weighted by molar-refractivity contribution is 5.68. The zero-order chi connectivity index (χ0) is 11.4. The van der Waals surface area contributed by atoms with E-state index < -0.39 is 0 Å². The molecule has 0 aliphatic carbocycles. The fourth-order valence-electron chi connectivity index (χ4n) is 1.81. The first-order valence-corrected chi connectivity index (χ1v) is 5.52. The second-order valence-corrected chi connectivity index (χ2v) is 3.95. The number of hydrogen-bond acceptors (Lipinski definition) is 3. The van der Waals surface area contributed by atoms with E-state index in [1.165, 1.54) is 0 Å². The molecule has 1 saturated heterocycles. The van der Waals surface area contributed by atoms with Crippen LogP contribution in [0.1, 0.15) is 12.0 Å². The van der Waals surface area contributed by atoms with Gasteiger partial charge < -0.3 is 15.4 Å². The number of benzene rings is 1. The van der Waals surface area contributed by atoms with Crippen LogP contribution in [0.2, 0.25) is 0 Å². The Morgan fingerprint density at radius 3 is 3.06 bits per heavy atom. The molecule has 1 aromatic rings. The quantitative estimate of drug-likeness (QED) is 0.788. The van der Waals surface area contributed by atoms with Crippen molar-refractivity contribution in [2.24, 2.45) is 0 Å². The molecule has 0 aromatic heterocycles. The predicted molar refractivity (Wildman–Crippen MR) is 62.1 cm³/mol. The average Bonchev–Trinajstić information content (AvgIpc) is 2.28. The van der Waals surface area contributed by atoms with Gasteiger partial charge in [0.15, 0.2) is 0 Å². The molecule has 1 fully saturated rings. The maximum absolute atomic E-state index is 11.4. The first-order valence-electron chi connectivity index (χ1n) is 5.52. The SMILES string of the molecule is Nc1cccc(CCN2CCCOC2=O)c1. The number of carbonyl (C=O) groups is 1. The Kier molecular flexibility index (Phi) is 3.29. The first-order chi connectivity index (χ1) is 7.75. The third-order valence-electron chi connectivity index (χ3n) is 2.68. The van der Waals surface area contributed by atoms with Crippen LogP contribution in [0.15, 0.2) is 24.3 Å². The molecule has 1 amide bonds. The van der Waals surface area contributed by atoms with Gasteiger partial charge in [0.25, 0.3) is 0 Å². The van der Waals surface area contributed by atoms with Crippen molar-refractivity contribution in [3.63, 3.8) is 0 Å². The molecule has 0 radical (unpaired) electrons. The van der Waals surface area contributed by atoms with Crippen LogP contribution < -0.4 is 5.73 Å². The summed E-state index contributed by atoms with van der Waals surface area (Å²) in [6.07, 6.45) is 1.54. The van der Waals surface area contributed by atoms with Crippen molar-refractivity contribution in [2.45, 2.75) is 12.8 Å². The third-order valence-corrected chi connectivity index (χ3v) is 2.68. The van der Waals surface area contributed by atoms with E-state index in [0.29, 0.717) is 13.2 Å². The molecule has 0 spiro atoms. The highest BCUT2D eigenvalue weighted by Crippen LogP contribution is 2.10. The van der Waals surface area contributed by atoms with E-state index in [-0.39, 0.29) is 6.09 Å². The number of carbonyl (C=O) groups excluding carboxylic acids is 1. The van der Waals surface area contributed by atoms with Crippen molar-refractivity contribution in [1.82, 2.24) is 4.90 Å². The maximum atomic E-state index is 11.4. The Morgan fingerprint density at radius 2 is 2.31 bits per heavy atom. The van der Waals surface area contributed by atoms with Crippen LogP contribution in [0.3, 0.4) is 0 Å². The predicted octanol–water partition coefficient (Wildman–Crippen LogP) is 1.65. The van der Waals surface area contributed by atoms with Gasteiger partial charge in [-0.2, -0.15) is 0 Å². The Hall–Kier alpha value is -1.71. The van der Waals surface area contributed by atoms with Crippen LogP contribution in [0.4, 0.5) is 10.5 Å². The first kappa shape index (κ1) is 10.8. The molecule has 4 nitrogen and oxygen atoms in total. The van der Waals surface area contributed by atoms with Crippen LogP contribution in [0.25, 0.3) is 0 Å². The van der Waals surface area contributed by atoms with Gasteiger partial charge in [0.1, 0.15) is 0 Å². The normalized spacial score (nSPS) is 16.0. The minimum absolute atomic E-state index is 0.199. The summed E-state index contributed by atoms with van der Waals surface area (Å²) in [6, 6.07) is 7.75. The summed E-state index contributed by atoms with van der Waals surface area (Å²) in [5.74, 6) is 0. The summed E-state index contributed by atoms with van der Waals surface area (Å²) >= 11 is 0. The topological polar surface area (TPSA) is 55.6 Å². The number of nitrogens with two attached hydrogens (primary N) is 1. The molecule has 1 heterocycles. The van der Waals surface area contributed by atoms with Gasteiger partial charge in [-0.3, -0.25) is 0 Å². The number of nitrogen functional groups attached to an aromatic ring is 1. The number of nitrogens with zero attached hydrogens (tertiary/aromatic N) is 1. The van der Waals surface area contributed by atoms with E-state index in [2.05, 4.69) is 0 Å². The highest BCUT2D eigenvalue weighted by Gasteiger charge is 2.18. The number of amides is 1. The van der Waals surface area contributed by atoms with Crippen molar-refractivity contribution >= 4 is 11.8 Å². The van der Waals surface area contributed by atoms with Crippen LogP contribution in [-0.4, -0.2) is 30.7 Å². The van der Waals surface area contributed by atoms with Crippen LogP contribution >= 0.6 is 0 Å². The third kappa shape index (κ3) is 2.66. The summed E-state index contributed by atoms with van der Waals surface area (Å²) in [5.41, 5.74) is 7.60. The van der Waals surface area contributed by atoms with Gasteiger partial charge in [-0.05, 0) is 30.5 Å². The monoisotopic (exact) mass is 220 g/mol. The molecule has 0 saturated carbocycles. The smallest absolute Gasteiger partial charge is 0.409 e. The maximum Gasteiger partial charge on any atom is 0.409 e. The van der Waals surface area contributed by atoms with Crippen LogP contribution in [-0.2, 0) is 11.2 Å². The lowest BCUT2D eigenvalue weighted by Gasteiger charge is -2.26. The van der Waals surface area contributed by atoms with Gasteiger partial charge in [-0.1, -0.05) is 12.1 Å². The second kappa shape index (κ2) is 4.88. The number of hydrogen-bond donors (Lipinski definition) is 1. The molecule has 2 rings (SSSR count). The summed E-state index contributed by atoms with van der Waals surface area (Å²) in [5, 5.41) is 0. The van der Waals surface area contributed by atoms with Gasteiger partial charge in [0.2, 0.25) is 0 Å². The molecule has 4 heteroatoms. The van der Waals surface area contributed by atoms with E-state index in [4.69, 9.17) is 10.5 Å². The van der Waals surface area contributed by atoms with Crippen LogP contribution in [0.5, 0.6) is 0 Å². The fraction of sp³-hybridized carbons (Fsp3) is 0.417. The lowest BCUT2D eigenvalue weighted by Crippen LogP contribution is -2.38. The zero-order valence-corrected chi connectivity index (χ0v) is 9.19. The summed E-state index contributed by atoms with van der Waals surface area (Å²) < 4.78 is 4.96. The highest BCUT2D eigenvalue weighted by atomic mass is 16.6. The van der Waals surface area contributed by atoms with E-state index in [1.807, 2.05) is 24.3 Å². The summed E-state index contributed by atoms with van der Waals surface area (Å²) in [4.78, 5) is 13.1. The number of rotatable bonds is 3. The van der Waals surface area contributed by atoms with Gasteiger partial charge >= 0.3 is 6.09 Å². The van der Waals surface area contributed by atoms with E-state index in [9.17, 15) is 4.79 Å². The molecule has 1 aliphatic rings. The van der Waals surface area contributed by atoms with Gasteiger partial charge in [0.05, 0.1) is 6.61 Å². The van der Waals surface area contributed by atoms with Gasteiger partial charge in [-0.25, -0.2) is 4.79 Å². The molecule has 16 heavy (non-hydrogen) atoms. The fourth-order valence-corrected chi connectivity index (χ4v) is 1.81. The zero-order valence-electron chi connectivity index (χ0n) is 9.19. The Balaban J connectivity index is 1.89. The van der Waals surface area contributed by atoms with Crippen LogP contribution in [0, 0.1) is 0 Å². The molecule has 1 aromatic carbocycles. The second-order valence-electron chi connectivity index (χ2n) is 3.95. The molecule has 0 bridgehead atoms. The van der Waals surface area contributed by atoms with Crippen molar-refractivity contribution in [3.8, 4) is 0 Å². The van der Waals surface area contributed by atoms with Crippen molar-refractivity contribution < 1.29 is 9.53 Å². The average molecular weight is 220 g/mol.